The number of pyridine rings is 1. The largest absolute Gasteiger partial charge is 0.271 e. The van der Waals surface area contributed by atoms with E-state index in [1.165, 1.54) is 18.2 Å². The van der Waals surface area contributed by atoms with Crippen LogP contribution in [0.25, 0.3) is 22.6 Å². The summed E-state index contributed by atoms with van der Waals surface area (Å²) in [5.74, 6) is 0. The second kappa shape index (κ2) is 5.47. The van der Waals surface area contributed by atoms with Crippen LogP contribution in [0.3, 0.4) is 0 Å². The molecule has 0 radical (unpaired) electrons. The summed E-state index contributed by atoms with van der Waals surface area (Å²) in [6.45, 7) is 0. The fourth-order valence-electron chi connectivity index (χ4n) is 2.59. The number of aromatic nitrogens is 4. The molecule has 4 rings (SSSR count). The van der Waals surface area contributed by atoms with E-state index in [-0.39, 0.29) is 5.69 Å². The van der Waals surface area contributed by atoms with Crippen molar-refractivity contribution in [3.63, 3.8) is 0 Å². The van der Waals surface area contributed by atoms with Crippen molar-refractivity contribution in [1.82, 2.24) is 19.2 Å². The van der Waals surface area contributed by atoms with Gasteiger partial charge in [0.25, 0.3) is 5.69 Å². The Morgan fingerprint density at radius 1 is 1.17 bits per heavy atom. The molecule has 0 saturated carbocycles. The molecule has 0 aliphatic heterocycles. The van der Waals surface area contributed by atoms with Crippen LogP contribution in [0.4, 0.5) is 5.69 Å². The van der Waals surface area contributed by atoms with Gasteiger partial charge >= 0.3 is 0 Å². The molecule has 0 fully saturated rings. The second-order valence-electron chi connectivity index (χ2n) is 5.11. The number of nitro benzene ring substituents is 1. The summed E-state index contributed by atoms with van der Waals surface area (Å²) in [6, 6.07) is 9.90. The summed E-state index contributed by atoms with van der Waals surface area (Å²) in [4.78, 5) is 19.1. The zero-order valence-corrected chi connectivity index (χ0v) is 13.0. The minimum atomic E-state index is -0.448. The molecular formula is C16H10ClN5O2. The first kappa shape index (κ1) is 14.4. The Bertz CT molecular complexity index is 1050. The first-order chi connectivity index (χ1) is 11.6. The van der Waals surface area contributed by atoms with Crippen molar-refractivity contribution < 1.29 is 4.92 Å². The molecule has 3 aromatic heterocycles. The average Bonchev–Trinajstić information content (AvgIpc) is 3.18. The van der Waals surface area contributed by atoms with Crippen LogP contribution in [0.15, 0.2) is 61.2 Å². The number of benzene rings is 1. The Morgan fingerprint density at radius 3 is 2.79 bits per heavy atom. The third kappa shape index (κ3) is 2.22. The van der Waals surface area contributed by atoms with Crippen LogP contribution < -0.4 is 0 Å². The normalized spacial score (nSPS) is 11.0. The van der Waals surface area contributed by atoms with Gasteiger partial charge in [0.1, 0.15) is 0 Å². The van der Waals surface area contributed by atoms with Crippen LogP contribution in [0.5, 0.6) is 0 Å². The lowest BCUT2D eigenvalue weighted by atomic mass is 10.2. The molecule has 0 unspecified atom stereocenters. The number of hydrogen-bond acceptors (Lipinski definition) is 4. The van der Waals surface area contributed by atoms with Gasteiger partial charge in [0.15, 0.2) is 5.65 Å². The predicted molar refractivity (Wildman–Crippen MR) is 89.4 cm³/mol. The number of rotatable bonds is 3. The molecule has 0 aliphatic rings. The Kier molecular flexibility index (Phi) is 3.28. The summed E-state index contributed by atoms with van der Waals surface area (Å²) in [6.07, 6.45) is 6.93. The van der Waals surface area contributed by atoms with Gasteiger partial charge < -0.3 is 0 Å². The van der Waals surface area contributed by atoms with Gasteiger partial charge in [-0.1, -0.05) is 11.6 Å². The minimum Gasteiger partial charge on any atom is -0.264 e. The van der Waals surface area contributed by atoms with E-state index in [1.807, 2.05) is 22.7 Å². The van der Waals surface area contributed by atoms with Crippen molar-refractivity contribution in [3.8, 4) is 16.9 Å². The first-order valence-electron chi connectivity index (χ1n) is 7.05. The molecule has 0 saturated heterocycles. The Labute approximate surface area is 140 Å². The molecule has 8 heteroatoms. The van der Waals surface area contributed by atoms with Crippen molar-refractivity contribution in [2.75, 3.05) is 0 Å². The maximum atomic E-state index is 11.1. The number of non-ortho nitro benzene ring substituents is 1. The highest BCUT2D eigenvalue weighted by atomic mass is 35.5. The second-order valence-corrected chi connectivity index (χ2v) is 5.52. The quantitative estimate of drug-likeness (QED) is 0.420. The van der Waals surface area contributed by atoms with Gasteiger partial charge in [-0.2, -0.15) is 0 Å². The van der Waals surface area contributed by atoms with Crippen LogP contribution in [0.2, 0.25) is 5.02 Å². The van der Waals surface area contributed by atoms with Crippen molar-refractivity contribution in [2.24, 2.45) is 0 Å². The lowest BCUT2D eigenvalue weighted by Gasteiger charge is -2.10. The Balaban J connectivity index is 1.97. The molecule has 0 amide bonds. The third-order valence-corrected chi connectivity index (χ3v) is 4.01. The van der Waals surface area contributed by atoms with Crippen LogP contribution >= 0.6 is 11.6 Å². The fourth-order valence-corrected chi connectivity index (χ4v) is 2.80. The van der Waals surface area contributed by atoms with Crippen molar-refractivity contribution in [2.45, 2.75) is 0 Å². The molecule has 0 aliphatic carbocycles. The number of imidazole rings is 1. The number of hydrogen-bond donors (Lipinski definition) is 0. The van der Waals surface area contributed by atoms with Gasteiger partial charge in [0, 0.05) is 42.4 Å². The van der Waals surface area contributed by atoms with Crippen molar-refractivity contribution >= 4 is 22.9 Å². The first-order valence-corrected chi connectivity index (χ1v) is 7.43. The summed E-state index contributed by atoms with van der Waals surface area (Å²) in [7, 11) is 0. The maximum absolute atomic E-state index is 11.1. The van der Waals surface area contributed by atoms with Crippen molar-refractivity contribution in [1.29, 1.82) is 0 Å². The molecule has 3 heterocycles. The monoisotopic (exact) mass is 339 g/mol. The molecule has 7 nitrogen and oxygen atoms in total. The zero-order chi connectivity index (χ0) is 16.7. The molecule has 24 heavy (non-hydrogen) atoms. The van der Waals surface area contributed by atoms with Crippen molar-refractivity contribution in [3.05, 3.63) is 76.3 Å². The SMILES string of the molecule is O=[N+]([O-])c1ccc(Cl)c(-n2ccc3ncc(-c4cccnc4)n32)c1. The minimum absolute atomic E-state index is 0.0284. The molecule has 118 valence electrons. The molecule has 1 aromatic carbocycles. The van der Waals surface area contributed by atoms with Crippen LogP contribution in [0.1, 0.15) is 0 Å². The van der Waals surface area contributed by atoms with E-state index in [0.29, 0.717) is 16.4 Å². The van der Waals surface area contributed by atoms with Gasteiger partial charge in [0.05, 0.1) is 27.5 Å². The average molecular weight is 340 g/mol. The van der Waals surface area contributed by atoms with Gasteiger partial charge in [-0.25, -0.2) is 9.50 Å². The van der Waals surface area contributed by atoms with E-state index in [1.54, 1.807) is 29.5 Å². The number of fused-ring (bicyclic) bond motifs is 1. The van der Waals surface area contributed by atoms with Gasteiger partial charge in [-0.05, 0) is 18.2 Å². The predicted octanol–water partition coefficient (Wildman–Crippen LogP) is 3.75. The summed E-state index contributed by atoms with van der Waals surface area (Å²) >= 11 is 6.27. The Hall–Kier alpha value is -3.19. The van der Waals surface area contributed by atoms with Crippen LogP contribution in [-0.2, 0) is 0 Å². The highest BCUT2D eigenvalue weighted by Crippen LogP contribution is 2.28. The fraction of sp³-hybridized carbons (Fsp3) is 0. The van der Waals surface area contributed by atoms with E-state index in [2.05, 4.69) is 9.97 Å². The highest BCUT2D eigenvalue weighted by Gasteiger charge is 2.16. The topological polar surface area (TPSA) is 78.3 Å². The molecular weight excluding hydrogens is 330 g/mol. The molecule has 0 bridgehead atoms. The van der Waals surface area contributed by atoms with Gasteiger partial charge in [0.2, 0.25) is 0 Å². The summed E-state index contributed by atoms with van der Waals surface area (Å²) in [5, 5.41) is 11.5. The van der Waals surface area contributed by atoms with E-state index >= 15 is 0 Å². The summed E-state index contributed by atoms with van der Waals surface area (Å²) in [5.41, 5.74) is 2.87. The van der Waals surface area contributed by atoms with E-state index in [9.17, 15) is 10.1 Å². The lowest BCUT2D eigenvalue weighted by Crippen LogP contribution is -2.04. The van der Waals surface area contributed by atoms with Gasteiger partial charge in [-0.3, -0.25) is 19.8 Å². The zero-order valence-electron chi connectivity index (χ0n) is 12.2. The maximum Gasteiger partial charge on any atom is 0.271 e. The highest BCUT2D eigenvalue weighted by molar-refractivity contribution is 6.32. The standard InChI is InChI=1S/C16H10ClN5O2/c17-13-4-3-12(22(23)24)8-14(13)20-7-5-16-19-10-15(21(16)20)11-2-1-6-18-9-11/h1-10H. The number of nitro groups is 1. The number of nitrogens with zero attached hydrogens (tertiary/aromatic N) is 5. The molecule has 0 spiro atoms. The number of halogens is 1. The molecule has 4 aromatic rings. The van der Waals surface area contributed by atoms with E-state index in [4.69, 9.17) is 11.6 Å². The Morgan fingerprint density at radius 2 is 2.04 bits per heavy atom. The molecule has 0 N–H and O–H groups in total. The summed E-state index contributed by atoms with van der Waals surface area (Å²) < 4.78 is 3.57. The smallest absolute Gasteiger partial charge is 0.264 e. The molecule has 0 atom stereocenters. The van der Waals surface area contributed by atoms with Crippen LogP contribution in [0, 0.1) is 10.1 Å². The van der Waals surface area contributed by atoms with E-state index < -0.39 is 4.92 Å². The van der Waals surface area contributed by atoms with E-state index in [0.717, 1.165) is 11.3 Å². The van der Waals surface area contributed by atoms with Crippen LogP contribution in [-0.4, -0.2) is 24.1 Å². The lowest BCUT2D eigenvalue weighted by molar-refractivity contribution is -0.384. The van der Waals surface area contributed by atoms with Gasteiger partial charge in [-0.15, -0.1) is 0 Å². The third-order valence-electron chi connectivity index (χ3n) is 3.69.